The molecule has 0 amide bonds. The average Bonchev–Trinajstić information content (AvgIpc) is 3.34. The Morgan fingerprint density at radius 3 is 2.71 bits per heavy atom. The van der Waals surface area contributed by atoms with Crippen LogP contribution < -0.4 is 10.6 Å². The fraction of sp³-hybridized carbons (Fsp3) is 0.412. The van der Waals surface area contributed by atoms with Crippen molar-refractivity contribution in [1.82, 2.24) is 14.9 Å². The van der Waals surface area contributed by atoms with Gasteiger partial charge in [0.1, 0.15) is 11.6 Å². The number of phenolic OH excluding ortho intramolecular Hbond substituents is 1. The molecule has 2 aromatic rings. The Labute approximate surface area is 146 Å². The van der Waals surface area contributed by atoms with Crippen LogP contribution >= 0.6 is 11.6 Å². The van der Waals surface area contributed by atoms with Crippen molar-refractivity contribution in [2.45, 2.75) is 18.8 Å². The van der Waals surface area contributed by atoms with E-state index in [1.165, 1.54) is 18.9 Å². The SMILES string of the molecule is CN(C)CCNc1nc(Nc2ccc(O)cc2Cl)cc(C2CC2)n1. The first-order valence-electron chi connectivity index (χ1n) is 8.04. The molecule has 128 valence electrons. The van der Waals surface area contributed by atoms with Gasteiger partial charge >= 0.3 is 0 Å². The highest BCUT2D eigenvalue weighted by Crippen LogP contribution is 2.40. The summed E-state index contributed by atoms with van der Waals surface area (Å²) in [5, 5.41) is 16.4. The van der Waals surface area contributed by atoms with Crippen molar-refractivity contribution in [2.75, 3.05) is 37.8 Å². The second kappa shape index (κ2) is 7.23. The summed E-state index contributed by atoms with van der Waals surface area (Å²) in [4.78, 5) is 11.2. The van der Waals surface area contributed by atoms with Gasteiger partial charge in [0, 0.05) is 31.1 Å². The Morgan fingerprint density at radius 2 is 2.04 bits per heavy atom. The highest BCUT2D eigenvalue weighted by molar-refractivity contribution is 6.33. The van der Waals surface area contributed by atoms with Gasteiger partial charge in [-0.3, -0.25) is 0 Å². The number of hydrogen-bond acceptors (Lipinski definition) is 6. The fourth-order valence-electron chi connectivity index (χ4n) is 2.33. The molecule has 0 bridgehead atoms. The zero-order chi connectivity index (χ0) is 17.1. The summed E-state index contributed by atoms with van der Waals surface area (Å²) in [7, 11) is 4.06. The van der Waals surface area contributed by atoms with E-state index < -0.39 is 0 Å². The zero-order valence-corrected chi connectivity index (χ0v) is 14.6. The molecule has 1 aromatic heterocycles. The van der Waals surface area contributed by atoms with Gasteiger partial charge in [-0.25, -0.2) is 4.98 Å². The van der Waals surface area contributed by atoms with Crippen LogP contribution in [0.5, 0.6) is 5.75 Å². The minimum Gasteiger partial charge on any atom is -0.508 e. The second-order valence-corrected chi connectivity index (χ2v) is 6.70. The molecule has 24 heavy (non-hydrogen) atoms. The molecular formula is C17H22ClN5O. The van der Waals surface area contributed by atoms with E-state index in [0.29, 0.717) is 28.4 Å². The van der Waals surface area contributed by atoms with E-state index in [0.717, 1.165) is 18.8 Å². The Hall–Kier alpha value is -2.05. The number of phenols is 1. The van der Waals surface area contributed by atoms with E-state index in [4.69, 9.17) is 11.6 Å². The molecule has 7 heteroatoms. The molecule has 1 aromatic carbocycles. The lowest BCUT2D eigenvalue weighted by atomic mass is 10.2. The molecule has 0 saturated heterocycles. The number of nitrogens with one attached hydrogen (secondary N) is 2. The van der Waals surface area contributed by atoms with Crippen LogP contribution in [0, 0.1) is 0 Å². The minimum atomic E-state index is 0.137. The summed E-state index contributed by atoms with van der Waals surface area (Å²) in [6, 6.07) is 6.80. The Morgan fingerprint density at radius 1 is 1.25 bits per heavy atom. The first kappa shape index (κ1) is 16.8. The average molecular weight is 348 g/mol. The molecule has 1 fully saturated rings. The third-order valence-corrected chi connectivity index (χ3v) is 4.11. The summed E-state index contributed by atoms with van der Waals surface area (Å²) >= 11 is 6.17. The van der Waals surface area contributed by atoms with E-state index >= 15 is 0 Å². The van der Waals surface area contributed by atoms with E-state index in [9.17, 15) is 5.11 Å². The first-order valence-corrected chi connectivity index (χ1v) is 8.42. The highest BCUT2D eigenvalue weighted by atomic mass is 35.5. The Bertz CT molecular complexity index is 718. The van der Waals surface area contributed by atoms with Crippen LogP contribution in [0.3, 0.4) is 0 Å². The summed E-state index contributed by atoms with van der Waals surface area (Å²) in [5.41, 5.74) is 1.75. The van der Waals surface area contributed by atoms with Crippen LogP contribution in [0.25, 0.3) is 0 Å². The maximum absolute atomic E-state index is 9.46. The maximum Gasteiger partial charge on any atom is 0.224 e. The molecule has 1 aliphatic carbocycles. The van der Waals surface area contributed by atoms with E-state index in [2.05, 4.69) is 25.5 Å². The number of rotatable bonds is 7. The summed E-state index contributed by atoms with van der Waals surface area (Å²) in [6.07, 6.45) is 2.35. The predicted octanol–water partition coefficient (Wildman–Crippen LogP) is 3.43. The molecule has 0 radical (unpaired) electrons. The monoisotopic (exact) mass is 347 g/mol. The van der Waals surface area contributed by atoms with Crippen molar-refractivity contribution in [3.05, 3.63) is 35.0 Å². The number of hydrogen-bond donors (Lipinski definition) is 3. The van der Waals surface area contributed by atoms with Crippen LogP contribution in [0.2, 0.25) is 5.02 Å². The largest absolute Gasteiger partial charge is 0.508 e. The number of halogens is 1. The van der Waals surface area contributed by atoms with Crippen molar-refractivity contribution in [3.63, 3.8) is 0 Å². The van der Waals surface area contributed by atoms with Gasteiger partial charge in [0.2, 0.25) is 5.95 Å². The number of anilines is 3. The number of nitrogens with zero attached hydrogens (tertiary/aromatic N) is 3. The molecule has 0 aliphatic heterocycles. The molecule has 1 heterocycles. The molecule has 0 atom stereocenters. The van der Waals surface area contributed by atoms with Crippen LogP contribution in [-0.2, 0) is 0 Å². The Kier molecular flexibility index (Phi) is 5.06. The molecular weight excluding hydrogens is 326 g/mol. The van der Waals surface area contributed by atoms with Gasteiger partial charge in [0.05, 0.1) is 16.4 Å². The van der Waals surface area contributed by atoms with Crippen molar-refractivity contribution in [3.8, 4) is 5.75 Å². The standard InChI is InChI=1S/C17H22ClN5O/c1-23(2)8-7-19-17-21-15(11-3-4-11)10-16(22-17)20-14-6-5-12(24)9-13(14)18/h5-6,9-11,24H,3-4,7-8H2,1-2H3,(H2,19,20,21,22). The maximum atomic E-state index is 9.46. The number of benzene rings is 1. The van der Waals surface area contributed by atoms with Crippen molar-refractivity contribution in [1.29, 1.82) is 0 Å². The minimum absolute atomic E-state index is 0.137. The summed E-state index contributed by atoms with van der Waals surface area (Å²) in [6.45, 7) is 1.68. The third kappa shape index (κ3) is 4.49. The molecule has 6 nitrogen and oxygen atoms in total. The first-order chi connectivity index (χ1) is 11.5. The Balaban J connectivity index is 1.79. The second-order valence-electron chi connectivity index (χ2n) is 6.30. The number of aromatic nitrogens is 2. The van der Waals surface area contributed by atoms with Gasteiger partial charge in [-0.05, 0) is 39.1 Å². The molecule has 3 N–H and O–H groups in total. The molecule has 1 saturated carbocycles. The zero-order valence-electron chi connectivity index (χ0n) is 13.9. The van der Waals surface area contributed by atoms with E-state index in [-0.39, 0.29) is 5.75 Å². The van der Waals surface area contributed by atoms with E-state index in [1.54, 1.807) is 12.1 Å². The summed E-state index contributed by atoms with van der Waals surface area (Å²) in [5.74, 6) is 1.99. The van der Waals surface area contributed by atoms with Crippen LogP contribution in [-0.4, -0.2) is 47.2 Å². The molecule has 1 aliphatic rings. The van der Waals surface area contributed by atoms with Crippen molar-refractivity contribution >= 4 is 29.1 Å². The highest BCUT2D eigenvalue weighted by Gasteiger charge is 2.26. The lowest BCUT2D eigenvalue weighted by molar-refractivity contribution is 0.425. The van der Waals surface area contributed by atoms with Crippen molar-refractivity contribution in [2.24, 2.45) is 0 Å². The summed E-state index contributed by atoms with van der Waals surface area (Å²) < 4.78 is 0. The van der Waals surface area contributed by atoms with Gasteiger partial charge in [-0.1, -0.05) is 11.6 Å². The van der Waals surface area contributed by atoms with Crippen LogP contribution in [0.15, 0.2) is 24.3 Å². The third-order valence-electron chi connectivity index (χ3n) is 3.80. The van der Waals surface area contributed by atoms with Gasteiger partial charge in [0.25, 0.3) is 0 Å². The fourth-order valence-corrected chi connectivity index (χ4v) is 2.55. The van der Waals surface area contributed by atoms with Crippen molar-refractivity contribution < 1.29 is 5.11 Å². The normalized spacial score (nSPS) is 14.0. The van der Waals surface area contributed by atoms with Gasteiger partial charge in [-0.2, -0.15) is 4.98 Å². The van der Waals surface area contributed by atoms with Crippen LogP contribution in [0.1, 0.15) is 24.5 Å². The molecule has 0 spiro atoms. The lowest BCUT2D eigenvalue weighted by Crippen LogP contribution is -2.21. The van der Waals surface area contributed by atoms with Gasteiger partial charge < -0.3 is 20.6 Å². The predicted molar refractivity (Wildman–Crippen MR) is 97.5 cm³/mol. The number of aromatic hydroxyl groups is 1. The van der Waals surface area contributed by atoms with Crippen LogP contribution in [0.4, 0.5) is 17.5 Å². The molecule has 3 rings (SSSR count). The van der Waals surface area contributed by atoms with Gasteiger partial charge in [-0.15, -0.1) is 0 Å². The topological polar surface area (TPSA) is 73.3 Å². The lowest BCUT2D eigenvalue weighted by Gasteiger charge is -2.13. The quantitative estimate of drug-likeness (QED) is 0.666. The smallest absolute Gasteiger partial charge is 0.224 e. The van der Waals surface area contributed by atoms with Gasteiger partial charge in [0.15, 0.2) is 0 Å². The van der Waals surface area contributed by atoms with E-state index in [1.807, 2.05) is 20.2 Å². The molecule has 0 unspecified atom stereocenters. The number of likely N-dealkylation sites (N-methyl/N-ethyl adjacent to an activating group) is 1.